The molecule has 2 aliphatic carbocycles. The van der Waals surface area contributed by atoms with Gasteiger partial charge < -0.3 is 4.98 Å². The molecule has 0 amide bonds. The number of rotatable bonds is 4. The number of hydrogen-bond acceptors (Lipinski definition) is 4. The van der Waals surface area contributed by atoms with Gasteiger partial charge >= 0.3 is 0 Å². The Balaban J connectivity index is 1.59. The lowest BCUT2D eigenvalue weighted by Gasteiger charge is -2.09. The topological polar surface area (TPSA) is 58.6 Å². The van der Waals surface area contributed by atoms with Crippen molar-refractivity contribution in [2.75, 3.05) is 0 Å². The highest BCUT2D eigenvalue weighted by molar-refractivity contribution is 7.98. The number of halogens is 1. The van der Waals surface area contributed by atoms with Gasteiger partial charge in [0.05, 0.1) is 11.4 Å². The van der Waals surface area contributed by atoms with Crippen molar-refractivity contribution in [3.63, 3.8) is 0 Å². The van der Waals surface area contributed by atoms with E-state index in [1.165, 1.54) is 24.0 Å². The summed E-state index contributed by atoms with van der Waals surface area (Å²) in [4.78, 5) is 23.7. The fourth-order valence-electron chi connectivity index (χ4n) is 2.96. The summed E-state index contributed by atoms with van der Waals surface area (Å²) in [7, 11) is 0. The Morgan fingerprint density at radius 3 is 3.05 bits per heavy atom. The predicted octanol–water partition coefficient (Wildman–Crippen LogP) is 2.96. The number of aromatic amines is 1. The smallest absolute Gasteiger partial charge is 0.254 e. The summed E-state index contributed by atoms with van der Waals surface area (Å²) in [5.41, 5.74) is 3.20. The Kier molecular flexibility index (Phi) is 3.48. The van der Waals surface area contributed by atoms with Crippen LogP contribution in [0.1, 0.15) is 47.7 Å². The fraction of sp³-hybridized carbons (Fsp3) is 0.438. The Morgan fingerprint density at radius 2 is 2.23 bits per heavy atom. The van der Waals surface area contributed by atoms with Crippen molar-refractivity contribution in [1.82, 2.24) is 15.0 Å². The predicted molar refractivity (Wildman–Crippen MR) is 82.6 cm³/mol. The molecule has 1 N–H and O–H groups in total. The van der Waals surface area contributed by atoms with Gasteiger partial charge in [0.25, 0.3) is 5.56 Å². The minimum Gasteiger partial charge on any atom is -0.301 e. The second-order valence-corrected chi connectivity index (χ2v) is 6.83. The summed E-state index contributed by atoms with van der Waals surface area (Å²) in [5, 5.41) is 0.579. The van der Waals surface area contributed by atoms with Crippen LogP contribution in [0.2, 0.25) is 0 Å². The van der Waals surface area contributed by atoms with E-state index in [1.54, 1.807) is 0 Å². The molecular weight excluding hydrogens is 301 g/mol. The molecule has 114 valence electrons. The summed E-state index contributed by atoms with van der Waals surface area (Å²) in [6.45, 7) is 0. The quantitative estimate of drug-likeness (QED) is 0.696. The number of H-pyrrole nitrogens is 1. The van der Waals surface area contributed by atoms with Gasteiger partial charge in [0.1, 0.15) is 5.82 Å². The van der Waals surface area contributed by atoms with Gasteiger partial charge in [-0.05, 0) is 38.2 Å². The van der Waals surface area contributed by atoms with Crippen LogP contribution in [0.5, 0.6) is 0 Å². The molecule has 2 aromatic rings. The summed E-state index contributed by atoms with van der Waals surface area (Å²) < 4.78 is 14.1. The maximum absolute atomic E-state index is 14.1. The number of pyridine rings is 1. The number of nitrogens with one attached hydrogen (secondary N) is 1. The van der Waals surface area contributed by atoms with Crippen molar-refractivity contribution in [3.8, 4) is 0 Å². The summed E-state index contributed by atoms with van der Waals surface area (Å²) in [6.07, 6.45) is 6.37. The van der Waals surface area contributed by atoms with Gasteiger partial charge in [-0.2, -0.15) is 0 Å². The van der Waals surface area contributed by atoms with Crippen LogP contribution in [0.3, 0.4) is 0 Å². The minimum absolute atomic E-state index is 0.0425. The van der Waals surface area contributed by atoms with Gasteiger partial charge in [-0.3, -0.25) is 9.78 Å². The molecule has 1 saturated carbocycles. The number of thioether (sulfide) groups is 1. The van der Waals surface area contributed by atoms with Crippen molar-refractivity contribution < 1.29 is 4.39 Å². The molecule has 0 aliphatic heterocycles. The van der Waals surface area contributed by atoms with E-state index in [1.807, 2.05) is 0 Å². The third-order valence-corrected chi connectivity index (χ3v) is 5.17. The average Bonchev–Trinajstić information content (AvgIpc) is 3.23. The molecule has 6 heteroatoms. The molecule has 22 heavy (non-hydrogen) atoms. The zero-order chi connectivity index (χ0) is 15.1. The second kappa shape index (κ2) is 5.50. The van der Waals surface area contributed by atoms with Gasteiger partial charge in [-0.15, -0.1) is 0 Å². The Hall–Kier alpha value is -1.69. The molecule has 0 saturated heterocycles. The molecule has 0 aromatic carbocycles. The van der Waals surface area contributed by atoms with E-state index >= 15 is 0 Å². The lowest BCUT2D eigenvalue weighted by molar-refractivity contribution is 0.609. The van der Waals surface area contributed by atoms with Crippen molar-refractivity contribution in [1.29, 1.82) is 0 Å². The van der Waals surface area contributed by atoms with Crippen molar-refractivity contribution in [2.24, 2.45) is 0 Å². The lowest BCUT2D eigenvalue weighted by atomic mass is 10.1. The van der Waals surface area contributed by atoms with Gasteiger partial charge in [0.15, 0.2) is 5.16 Å². The Bertz CT molecular complexity index is 785. The Labute approximate surface area is 131 Å². The molecule has 0 spiro atoms. The van der Waals surface area contributed by atoms with E-state index in [9.17, 15) is 9.18 Å². The van der Waals surface area contributed by atoms with E-state index in [0.29, 0.717) is 22.4 Å². The monoisotopic (exact) mass is 317 g/mol. The summed E-state index contributed by atoms with van der Waals surface area (Å²) >= 11 is 1.38. The molecule has 0 atom stereocenters. The largest absolute Gasteiger partial charge is 0.301 e. The molecular formula is C16H16FN3OS. The van der Waals surface area contributed by atoms with Crippen LogP contribution in [-0.4, -0.2) is 15.0 Å². The van der Waals surface area contributed by atoms with E-state index in [0.717, 1.165) is 49.1 Å². The van der Waals surface area contributed by atoms with Gasteiger partial charge in [-0.1, -0.05) is 11.8 Å². The first-order valence-electron chi connectivity index (χ1n) is 7.60. The lowest BCUT2D eigenvalue weighted by Crippen LogP contribution is -2.15. The van der Waals surface area contributed by atoms with Crippen LogP contribution in [-0.2, 0) is 18.6 Å². The first-order chi connectivity index (χ1) is 10.7. The van der Waals surface area contributed by atoms with Crippen LogP contribution in [0.25, 0.3) is 0 Å². The molecule has 2 heterocycles. The van der Waals surface area contributed by atoms with E-state index in [2.05, 4.69) is 15.0 Å². The van der Waals surface area contributed by atoms with Gasteiger partial charge in [-0.25, -0.2) is 9.37 Å². The van der Waals surface area contributed by atoms with Crippen molar-refractivity contribution in [3.05, 3.63) is 50.9 Å². The highest BCUT2D eigenvalue weighted by atomic mass is 32.2. The van der Waals surface area contributed by atoms with E-state index in [-0.39, 0.29) is 11.4 Å². The van der Waals surface area contributed by atoms with Crippen LogP contribution in [0.15, 0.2) is 22.2 Å². The number of aryl methyl sites for hydroxylation is 1. The number of nitrogens with zero attached hydrogens (tertiary/aromatic N) is 2. The van der Waals surface area contributed by atoms with Crippen molar-refractivity contribution in [2.45, 2.75) is 48.9 Å². The summed E-state index contributed by atoms with van der Waals surface area (Å²) in [6, 6.07) is 1.40. The van der Waals surface area contributed by atoms with E-state index < -0.39 is 0 Å². The highest BCUT2D eigenvalue weighted by Crippen LogP contribution is 2.42. The maximum atomic E-state index is 14.1. The molecule has 2 aliphatic rings. The molecule has 2 aromatic heterocycles. The number of fused-ring (bicyclic) bond motifs is 1. The zero-order valence-electron chi connectivity index (χ0n) is 12.1. The molecule has 4 rings (SSSR count). The van der Waals surface area contributed by atoms with Crippen LogP contribution in [0.4, 0.5) is 4.39 Å². The van der Waals surface area contributed by atoms with E-state index in [4.69, 9.17) is 0 Å². The first-order valence-corrected chi connectivity index (χ1v) is 8.59. The minimum atomic E-state index is -0.215. The number of aromatic nitrogens is 3. The van der Waals surface area contributed by atoms with Gasteiger partial charge in [0.2, 0.25) is 0 Å². The molecule has 0 bridgehead atoms. The fourth-order valence-corrected chi connectivity index (χ4v) is 3.87. The molecule has 0 unspecified atom stereocenters. The molecule has 4 nitrogen and oxygen atoms in total. The third kappa shape index (κ3) is 2.56. The SMILES string of the molecule is O=c1[nH]c(SCc2c(F)ccnc2C2CC2)nc2c1CCC2. The van der Waals surface area contributed by atoms with Crippen LogP contribution >= 0.6 is 11.8 Å². The van der Waals surface area contributed by atoms with Crippen LogP contribution in [0, 0.1) is 5.82 Å². The molecule has 0 radical (unpaired) electrons. The molecule has 1 fully saturated rings. The van der Waals surface area contributed by atoms with Crippen molar-refractivity contribution >= 4 is 11.8 Å². The van der Waals surface area contributed by atoms with Crippen LogP contribution < -0.4 is 5.56 Å². The highest BCUT2D eigenvalue weighted by Gasteiger charge is 2.29. The first kappa shape index (κ1) is 13.9. The van der Waals surface area contributed by atoms with Gasteiger partial charge in [0, 0.05) is 29.0 Å². The Morgan fingerprint density at radius 1 is 1.36 bits per heavy atom. The third-order valence-electron chi connectivity index (χ3n) is 4.27. The standard InChI is InChI=1S/C16H16FN3OS/c17-12-6-7-18-14(9-4-5-9)11(12)8-22-16-19-13-3-1-2-10(13)15(21)20-16/h6-7,9H,1-5,8H2,(H,19,20,21). The maximum Gasteiger partial charge on any atom is 0.254 e. The normalized spacial score (nSPS) is 16.8. The average molecular weight is 317 g/mol. The number of hydrogen-bond donors (Lipinski definition) is 1. The second-order valence-electron chi connectivity index (χ2n) is 5.87. The zero-order valence-corrected chi connectivity index (χ0v) is 12.9. The summed E-state index contributed by atoms with van der Waals surface area (Å²) in [5.74, 6) is 0.638.